The maximum Gasteiger partial charge on any atom is 0.255 e. The van der Waals surface area contributed by atoms with E-state index in [1.807, 2.05) is 26.0 Å². The van der Waals surface area contributed by atoms with Crippen LogP contribution in [0.3, 0.4) is 0 Å². The van der Waals surface area contributed by atoms with Gasteiger partial charge in [0.1, 0.15) is 0 Å². The summed E-state index contributed by atoms with van der Waals surface area (Å²) in [6.45, 7) is 3.95. The number of hydrogen-bond acceptors (Lipinski definition) is 3. The number of para-hydroxylation sites is 1. The molecule has 5 heteroatoms. The fourth-order valence-electron chi connectivity index (χ4n) is 2.52. The second kappa shape index (κ2) is 8.43. The van der Waals surface area contributed by atoms with Crippen LogP contribution >= 0.6 is 0 Å². The van der Waals surface area contributed by atoms with Crippen LogP contribution in [0.15, 0.2) is 42.5 Å². The summed E-state index contributed by atoms with van der Waals surface area (Å²) < 4.78 is 0. The SMILES string of the molecule is Cc1ccc(C(=O)CCC(=O)Nc2ccccc2C(=O)N(C)C)cc1C. The van der Waals surface area contributed by atoms with Crippen LogP contribution in [0, 0.1) is 13.8 Å². The number of nitrogens with one attached hydrogen (secondary N) is 1. The fraction of sp³-hybridized carbons (Fsp3) is 0.286. The Labute approximate surface area is 154 Å². The summed E-state index contributed by atoms with van der Waals surface area (Å²) in [6, 6.07) is 12.4. The van der Waals surface area contributed by atoms with Crippen molar-refractivity contribution in [2.24, 2.45) is 0 Å². The van der Waals surface area contributed by atoms with Crippen LogP contribution in [-0.2, 0) is 4.79 Å². The summed E-state index contributed by atoms with van der Waals surface area (Å²) in [6.07, 6.45) is 0.189. The molecule has 0 spiro atoms. The standard InChI is InChI=1S/C21H24N2O3/c1-14-9-10-16(13-15(14)2)19(24)11-12-20(25)22-18-8-6-5-7-17(18)21(26)23(3)4/h5-10,13H,11-12H2,1-4H3,(H,22,25). The van der Waals surface area contributed by atoms with Crippen molar-refractivity contribution in [3.63, 3.8) is 0 Å². The monoisotopic (exact) mass is 352 g/mol. The minimum absolute atomic E-state index is 0.0657. The van der Waals surface area contributed by atoms with Crippen molar-refractivity contribution >= 4 is 23.3 Å². The first-order chi connectivity index (χ1) is 12.3. The molecular weight excluding hydrogens is 328 g/mol. The van der Waals surface area contributed by atoms with Crippen LogP contribution in [0.25, 0.3) is 0 Å². The van der Waals surface area contributed by atoms with Crippen LogP contribution in [0.2, 0.25) is 0 Å². The number of anilines is 1. The highest BCUT2D eigenvalue weighted by atomic mass is 16.2. The molecule has 2 amide bonds. The number of amides is 2. The molecular formula is C21H24N2O3. The second-order valence-electron chi connectivity index (χ2n) is 6.52. The predicted molar refractivity (Wildman–Crippen MR) is 103 cm³/mol. The van der Waals surface area contributed by atoms with Crippen LogP contribution in [0.4, 0.5) is 5.69 Å². The van der Waals surface area contributed by atoms with Gasteiger partial charge >= 0.3 is 0 Å². The average Bonchev–Trinajstić information content (AvgIpc) is 2.61. The van der Waals surface area contributed by atoms with Gasteiger partial charge in [-0.3, -0.25) is 14.4 Å². The van der Waals surface area contributed by atoms with E-state index in [0.717, 1.165) is 11.1 Å². The molecule has 2 aromatic rings. The Hall–Kier alpha value is -2.95. The van der Waals surface area contributed by atoms with Gasteiger partial charge in [0.05, 0.1) is 11.3 Å². The molecule has 0 aromatic heterocycles. The molecule has 2 rings (SSSR count). The third kappa shape index (κ3) is 4.79. The maximum absolute atomic E-state index is 12.3. The molecule has 0 aliphatic carbocycles. The van der Waals surface area contributed by atoms with E-state index in [0.29, 0.717) is 16.8 Å². The van der Waals surface area contributed by atoms with E-state index in [1.54, 1.807) is 44.4 Å². The normalized spacial score (nSPS) is 10.3. The number of aryl methyl sites for hydroxylation is 2. The summed E-state index contributed by atoms with van der Waals surface area (Å²) in [5, 5.41) is 2.73. The third-order valence-electron chi connectivity index (χ3n) is 4.25. The highest BCUT2D eigenvalue weighted by Crippen LogP contribution is 2.18. The quantitative estimate of drug-likeness (QED) is 0.808. The number of nitrogens with zero attached hydrogens (tertiary/aromatic N) is 1. The maximum atomic E-state index is 12.3. The van der Waals surface area contributed by atoms with Crippen molar-refractivity contribution < 1.29 is 14.4 Å². The molecule has 0 unspecified atom stereocenters. The molecule has 5 nitrogen and oxygen atoms in total. The number of benzene rings is 2. The van der Waals surface area contributed by atoms with Crippen molar-refractivity contribution in [1.82, 2.24) is 4.90 Å². The first-order valence-electron chi connectivity index (χ1n) is 8.50. The van der Waals surface area contributed by atoms with E-state index in [1.165, 1.54) is 4.90 Å². The first-order valence-corrected chi connectivity index (χ1v) is 8.50. The number of ketones is 1. The zero-order valence-corrected chi connectivity index (χ0v) is 15.6. The Balaban J connectivity index is 2.00. The lowest BCUT2D eigenvalue weighted by molar-refractivity contribution is -0.116. The summed E-state index contributed by atoms with van der Waals surface area (Å²) in [5.74, 6) is -0.547. The van der Waals surface area contributed by atoms with Gasteiger partial charge in [0.2, 0.25) is 5.91 Å². The molecule has 0 aliphatic heterocycles. The summed E-state index contributed by atoms with van der Waals surface area (Å²) in [7, 11) is 3.31. The van der Waals surface area contributed by atoms with E-state index >= 15 is 0 Å². The topological polar surface area (TPSA) is 66.5 Å². The summed E-state index contributed by atoms with van der Waals surface area (Å²) in [4.78, 5) is 38.1. The lowest BCUT2D eigenvalue weighted by Gasteiger charge is -2.14. The fourth-order valence-corrected chi connectivity index (χ4v) is 2.52. The van der Waals surface area contributed by atoms with E-state index in [-0.39, 0.29) is 30.4 Å². The molecule has 0 saturated heterocycles. The molecule has 136 valence electrons. The molecule has 26 heavy (non-hydrogen) atoms. The van der Waals surface area contributed by atoms with Crippen LogP contribution < -0.4 is 5.32 Å². The second-order valence-corrected chi connectivity index (χ2v) is 6.52. The first kappa shape index (κ1) is 19.4. The molecule has 0 fully saturated rings. The predicted octanol–water partition coefficient (Wildman–Crippen LogP) is 3.61. The molecule has 0 bridgehead atoms. The van der Waals surface area contributed by atoms with E-state index in [4.69, 9.17) is 0 Å². The zero-order chi connectivity index (χ0) is 19.3. The lowest BCUT2D eigenvalue weighted by Crippen LogP contribution is -2.24. The Morgan fingerprint density at radius 2 is 1.62 bits per heavy atom. The Bertz CT molecular complexity index is 841. The molecule has 0 aliphatic rings. The minimum Gasteiger partial charge on any atom is -0.345 e. The number of rotatable bonds is 6. The van der Waals surface area contributed by atoms with Gasteiger partial charge in [-0.15, -0.1) is 0 Å². The van der Waals surface area contributed by atoms with Gasteiger partial charge in [-0.1, -0.05) is 24.3 Å². The van der Waals surface area contributed by atoms with Gasteiger partial charge in [-0.25, -0.2) is 0 Å². The number of carbonyl (C=O) groups is 3. The number of Topliss-reactive ketones (excluding diaryl/α,β-unsaturated/α-hetero) is 1. The molecule has 0 saturated carbocycles. The van der Waals surface area contributed by atoms with Gasteiger partial charge in [0.15, 0.2) is 5.78 Å². The van der Waals surface area contributed by atoms with Crippen LogP contribution in [0.5, 0.6) is 0 Å². The van der Waals surface area contributed by atoms with Gasteiger partial charge in [0, 0.05) is 32.5 Å². The van der Waals surface area contributed by atoms with Gasteiger partial charge < -0.3 is 10.2 Å². The zero-order valence-electron chi connectivity index (χ0n) is 15.6. The van der Waals surface area contributed by atoms with Crippen LogP contribution in [-0.4, -0.2) is 36.6 Å². The summed E-state index contributed by atoms with van der Waals surface area (Å²) in [5.41, 5.74) is 3.67. The molecule has 0 radical (unpaired) electrons. The third-order valence-corrected chi connectivity index (χ3v) is 4.25. The van der Waals surface area contributed by atoms with E-state index < -0.39 is 0 Å². The van der Waals surface area contributed by atoms with Crippen molar-refractivity contribution in [1.29, 1.82) is 0 Å². The van der Waals surface area contributed by atoms with E-state index in [9.17, 15) is 14.4 Å². The minimum atomic E-state index is -0.291. The Morgan fingerprint density at radius 3 is 2.27 bits per heavy atom. The van der Waals surface area contributed by atoms with Crippen molar-refractivity contribution in [2.75, 3.05) is 19.4 Å². The van der Waals surface area contributed by atoms with Crippen molar-refractivity contribution in [3.8, 4) is 0 Å². The highest BCUT2D eigenvalue weighted by molar-refractivity contribution is 6.05. The van der Waals surface area contributed by atoms with Gasteiger partial charge in [-0.2, -0.15) is 0 Å². The Kier molecular flexibility index (Phi) is 6.28. The van der Waals surface area contributed by atoms with Crippen molar-refractivity contribution in [2.45, 2.75) is 26.7 Å². The largest absolute Gasteiger partial charge is 0.345 e. The lowest BCUT2D eigenvalue weighted by atomic mass is 10.0. The molecule has 0 heterocycles. The van der Waals surface area contributed by atoms with Gasteiger partial charge in [-0.05, 0) is 43.2 Å². The smallest absolute Gasteiger partial charge is 0.255 e. The average molecular weight is 352 g/mol. The number of hydrogen-bond donors (Lipinski definition) is 1. The van der Waals surface area contributed by atoms with Crippen molar-refractivity contribution in [3.05, 3.63) is 64.7 Å². The van der Waals surface area contributed by atoms with Crippen LogP contribution in [0.1, 0.15) is 44.7 Å². The van der Waals surface area contributed by atoms with Gasteiger partial charge in [0.25, 0.3) is 5.91 Å². The molecule has 1 N–H and O–H groups in total. The Morgan fingerprint density at radius 1 is 0.923 bits per heavy atom. The van der Waals surface area contributed by atoms with E-state index in [2.05, 4.69) is 5.32 Å². The number of carbonyl (C=O) groups excluding carboxylic acids is 3. The molecule has 2 aromatic carbocycles. The molecule has 0 atom stereocenters. The summed E-state index contributed by atoms with van der Waals surface area (Å²) >= 11 is 0. The highest BCUT2D eigenvalue weighted by Gasteiger charge is 2.15.